The SMILES string of the molecule is CCCNC(=O)[C@H](C)NS(=O)(=O)c1ccc(Cl)c([N+](=O)[O-])c1. The molecule has 22 heavy (non-hydrogen) atoms. The van der Waals surface area contributed by atoms with Crippen LogP contribution in [0.1, 0.15) is 20.3 Å². The fourth-order valence-corrected chi connectivity index (χ4v) is 2.96. The molecule has 1 aromatic carbocycles. The zero-order valence-corrected chi connectivity index (χ0v) is 13.6. The summed E-state index contributed by atoms with van der Waals surface area (Å²) in [4.78, 5) is 21.4. The van der Waals surface area contributed by atoms with Gasteiger partial charge in [0, 0.05) is 12.6 Å². The van der Waals surface area contributed by atoms with E-state index in [0.717, 1.165) is 18.2 Å². The maximum atomic E-state index is 12.2. The Kier molecular flexibility index (Phi) is 6.27. The number of nitrogens with one attached hydrogen (secondary N) is 2. The summed E-state index contributed by atoms with van der Waals surface area (Å²) >= 11 is 5.63. The molecule has 0 aromatic heterocycles. The zero-order valence-electron chi connectivity index (χ0n) is 12.0. The molecule has 0 saturated carbocycles. The number of nitro groups is 1. The minimum atomic E-state index is -4.08. The molecule has 0 heterocycles. The number of hydrogen-bond donors (Lipinski definition) is 2. The van der Waals surface area contributed by atoms with E-state index in [4.69, 9.17) is 11.6 Å². The fraction of sp³-hybridized carbons (Fsp3) is 0.417. The van der Waals surface area contributed by atoms with Crippen LogP contribution in [0.4, 0.5) is 5.69 Å². The number of hydrogen-bond acceptors (Lipinski definition) is 5. The second-order valence-corrected chi connectivity index (χ2v) is 6.63. The number of sulfonamides is 1. The van der Waals surface area contributed by atoms with Crippen molar-refractivity contribution in [1.29, 1.82) is 0 Å². The van der Waals surface area contributed by atoms with Gasteiger partial charge in [0.1, 0.15) is 5.02 Å². The average Bonchev–Trinajstić information content (AvgIpc) is 2.44. The summed E-state index contributed by atoms with van der Waals surface area (Å²) in [5.41, 5.74) is -0.521. The van der Waals surface area contributed by atoms with Crippen LogP contribution in [0.15, 0.2) is 23.1 Å². The van der Waals surface area contributed by atoms with Gasteiger partial charge in [0.05, 0.1) is 15.9 Å². The van der Waals surface area contributed by atoms with Crippen molar-refractivity contribution in [2.24, 2.45) is 0 Å². The molecule has 0 radical (unpaired) electrons. The van der Waals surface area contributed by atoms with Crippen molar-refractivity contribution in [2.75, 3.05) is 6.54 Å². The lowest BCUT2D eigenvalue weighted by Gasteiger charge is -2.14. The Bertz CT molecular complexity index is 677. The Morgan fingerprint density at radius 2 is 2.09 bits per heavy atom. The van der Waals surface area contributed by atoms with Crippen LogP contribution in [-0.2, 0) is 14.8 Å². The van der Waals surface area contributed by atoms with Crippen LogP contribution in [-0.4, -0.2) is 31.8 Å². The Morgan fingerprint density at radius 1 is 1.45 bits per heavy atom. The predicted octanol–water partition coefficient (Wildman–Crippen LogP) is 1.44. The maximum Gasteiger partial charge on any atom is 0.289 e. The van der Waals surface area contributed by atoms with Gasteiger partial charge in [0.2, 0.25) is 15.9 Å². The molecule has 1 atom stereocenters. The number of halogens is 1. The first-order valence-electron chi connectivity index (χ1n) is 6.43. The molecule has 0 aliphatic heterocycles. The van der Waals surface area contributed by atoms with Gasteiger partial charge >= 0.3 is 0 Å². The molecule has 0 spiro atoms. The van der Waals surface area contributed by atoms with Crippen molar-refractivity contribution >= 4 is 33.2 Å². The summed E-state index contributed by atoms with van der Waals surface area (Å²) in [5.74, 6) is -0.478. The Hall–Kier alpha value is -1.71. The van der Waals surface area contributed by atoms with Gasteiger partial charge in [0.25, 0.3) is 5.69 Å². The minimum Gasteiger partial charge on any atom is -0.355 e. The van der Waals surface area contributed by atoms with E-state index in [1.165, 1.54) is 6.92 Å². The van der Waals surface area contributed by atoms with Gasteiger partial charge in [-0.2, -0.15) is 4.72 Å². The van der Waals surface area contributed by atoms with E-state index in [2.05, 4.69) is 10.0 Å². The van der Waals surface area contributed by atoms with Gasteiger partial charge in [-0.1, -0.05) is 18.5 Å². The quantitative estimate of drug-likeness (QED) is 0.570. The van der Waals surface area contributed by atoms with Gasteiger partial charge in [-0.3, -0.25) is 14.9 Å². The van der Waals surface area contributed by atoms with E-state index in [9.17, 15) is 23.3 Å². The van der Waals surface area contributed by atoms with Crippen molar-refractivity contribution in [3.05, 3.63) is 33.3 Å². The van der Waals surface area contributed by atoms with Crippen LogP contribution in [0.2, 0.25) is 5.02 Å². The highest BCUT2D eigenvalue weighted by molar-refractivity contribution is 7.89. The van der Waals surface area contributed by atoms with Crippen LogP contribution in [0, 0.1) is 10.1 Å². The van der Waals surface area contributed by atoms with Gasteiger partial charge < -0.3 is 5.32 Å². The summed E-state index contributed by atoms with van der Waals surface area (Å²) < 4.78 is 26.5. The van der Waals surface area contributed by atoms with Crippen LogP contribution in [0.3, 0.4) is 0 Å². The number of carbonyl (C=O) groups excluding carboxylic acids is 1. The van der Waals surface area contributed by atoms with Gasteiger partial charge in [-0.15, -0.1) is 0 Å². The minimum absolute atomic E-state index is 0.169. The largest absolute Gasteiger partial charge is 0.355 e. The molecule has 0 saturated heterocycles. The molecule has 1 aromatic rings. The smallest absolute Gasteiger partial charge is 0.289 e. The van der Waals surface area contributed by atoms with Crippen molar-refractivity contribution in [2.45, 2.75) is 31.2 Å². The van der Waals surface area contributed by atoms with Crippen molar-refractivity contribution < 1.29 is 18.1 Å². The first-order valence-corrected chi connectivity index (χ1v) is 8.29. The Labute approximate surface area is 133 Å². The Balaban J connectivity index is 2.98. The van der Waals surface area contributed by atoms with E-state index in [1.807, 2.05) is 6.92 Å². The highest BCUT2D eigenvalue weighted by Crippen LogP contribution is 2.27. The van der Waals surface area contributed by atoms with Crippen molar-refractivity contribution in [1.82, 2.24) is 10.0 Å². The number of nitro benzene ring substituents is 1. The standard InChI is InChI=1S/C12H16ClN3O5S/c1-3-6-14-12(17)8(2)15-22(20,21)9-4-5-10(13)11(7-9)16(18)19/h4-5,7-8,15H,3,6H2,1-2H3,(H,14,17)/t8-/m0/s1. The van der Waals surface area contributed by atoms with Crippen molar-refractivity contribution in [3.63, 3.8) is 0 Å². The first kappa shape index (κ1) is 18.3. The monoisotopic (exact) mass is 349 g/mol. The molecular weight excluding hydrogens is 334 g/mol. The molecule has 1 amide bonds. The maximum absolute atomic E-state index is 12.2. The van der Waals surface area contributed by atoms with Crippen LogP contribution < -0.4 is 10.0 Å². The third-order valence-corrected chi connectivity index (χ3v) is 4.56. The lowest BCUT2D eigenvalue weighted by Crippen LogP contribution is -2.44. The molecule has 8 nitrogen and oxygen atoms in total. The summed E-state index contributed by atoms with van der Waals surface area (Å²) in [7, 11) is -4.08. The molecule has 122 valence electrons. The number of amides is 1. The van der Waals surface area contributed by atoms with E-state index in [0.29, 0.717) is 13.0 Å². The second-order valence-electron chi connectivity index (χ2n) is 4.50. The van der Waals surface area contributed by atoms with E-state index in [1.54, 1.807) is 0 Å². The molecule has 0 fully saturated rings. The summed E-state index contributed by atoms with van der Waals surface area (Å²) in [6.45, 7) is 3.67. The highest BCUT2D eigenvalue weighted by atomic mass is 35.5. The molecule has 0 aliphatic rings. The number of nitrogens with zero attached hydrogens (tertiary/aromatic N) is 1. The fourth-order valence-electron chi connectivity index (χ4n) is 1.56. The van der Waals surface area contributed by atoms with Gasteiger partial charge in [-0.05, 0) is 25.5 Å². The normalized spacial score (nSPS) is 12.7. The molecular formula is C12H16ClN3O5S. The third kappa shape index (κ3) is 4.65. The molecule has 2 N–H and O–H groups in total. The Morgan fingerprint density at radius 3 is 2.64 bits per heavy atom. The van der Waals surface area contributed by atoms with Crippen LogP contribution in [0.5, 0.6) is 0 Å². The second kappa shape index (κ2) is 7.52. The summed E-state index contributed by atoms with van der Waals surface area (Å²) in [6, 6.07) is 2.09. The molecule has 0 bridgehead atoms. The summed E-state index contributed by atoms with van der Waals surface area (Å²) in [6.07, 6.45) is 0.717. The lowest BCUT2D eigenvalue weighted by atomic mass is 10.3. The van der Waals surface area contributed by atoms with Gasteiger partial charge in [-0.25, -0.2) is 8.42 Å². The molecule has 0 unspecified atom stereocenters. The highest BCUT2D eigenvalue weighted by Gasteiger charge is 2.24. The van der Waals surface area contributed by atoms with Gasteiger partial charge in [0.15, 0.2) is 0 Å². The van der Waals surface area contributed by atoms with E-state index >= 15 is 0 Å². The molecule has 1 rings (SSSR count). The van der Waals surface area contributed by atoms with Crippen LogP contribution >= 0.6 is 11.6 Å². The van der Waals surface area contributed by atoms with E-state index in [-0.39, 0.29) is 9.92 Å². The average molecular weight is 350 g/mol. The predicted molar refractivity (Wildman–Crippen MR) is 81.2 cm³/mol. The number of rotatable bonds is 7. The summed E-state index contributed by atoms with van der Waals surface area (Å²) in [5, 5.41) is 13.2. The third-order valence-electron chi connectivity index (χ3n) is 2.70. The molecule has 10 heteroatoms. The molecule has 0 aliphatic carbocycles. The number of benzene rings is 1. The van der Waals surface area contributed by atoms with Crippen molar-refractivity contribution in [3.8, 4) is 0 Å². The van der Waals surface area contributed by atoms with Crippen LogP contribution in [0.25, 0.3) is 0 Å². The first-order chi connectivity index (χ1) is 10.2. The lowest BCUT2D eigenvalue weighted by molar-refractivity contribution is -0.384. The topological polar surface area (TPSA) is 118 Å². The zero-order chi connectivity index (χ0) is 16.9. The van der Waals surface area contributed by atoms with E-state index < -0.39 is 32.6 Å². The number of carbonyl (C=O) groups is 1.